The van der Waals surface area contributed by atoms with E-state index < -0.39 is 0 Å². The van der Waals surface area contributed by atoms with E-state index in [0.717, 1.165) is 11.9 Å². The molecule has 2 aromatic rings. The third-order valence-electron chi connectivity index (χ3n) is 2.17. The molecule has 0 spiro atoms. The predicted molar refractivity (Wildman–Crippen MR) is 60.3 cm³/mol. The number of pyridine rings is 1. The van der Waals surface area contributed by atoms with E-state index in [1.54, 1.807) is 0 Å². The zero-order valence-electron chi connectivity index (χ0n) is 8.33. The Morgan fingerprint density at radius 1 is 1.36 bits per heavy atom. The lowest BCUT2D eigenvalue weighted by Gasteiger charge is -2.02. The van der Waals surface area contributed by atoms with Gasteiger partial charge in [0.15, 0.2) is 0 Å². The van der Waals surface area contributed by atoms with Gasteiger partial charge in [-0.2, -0.15) is 0 Å². The summed E-state index contributed by atoms with van der Waals surface area (Å²) in [6.07, 6.45) is 2.77. The molecule has 1 nitrogen and oxygen atoms in total. The van der Waals surface area contributed by atoms with Gasteiger partial charge in [0.1, 0.15) is 0 Å². The molecule has 0 amide bonds. The minimum atomic E-state index is 0.949. The van der Waals surface area contributed by atoms with E-state index >= 15 is 0 Å². The fourth-order valence-electron chi connectivity index (χ4n) is 1.58. The molecular formula is C13H13N. The molecule has 2 rings (SSSR count). The smallest absolute Gasteiger partial charge is 0.0702 e. The first-order chi connectivity index (χ1) is 6.75. The number of fused-ring (bicyclic) bond motifs is 1. The molecule has 0 aliphatic rings. The fourth-order valence-corrected chi connectivity index (χ4v) is 1.58. The molecule has 14 heavy (non-hydrogen) atoms. The normalized spacial score (nSPS) is 10.4. The average Bonchev–Trinajstić information content (AvgIpc) is 2.17. The summed E-state index contributed by atoms with van der Waals surface area (Å²) >= 11 is 0. The van der Waals surface area contributed by atoms with Crippen molar-refractivity contribution in [2.45, 2.75) is 13.3 Å². The summed E-state index contributed by atoms with van der Waals surface area (Å²) in [4.78, 5) is 4.28. The van der Waals surface area contributed by atoms with Gasteiger partial charge in [-0.25, -0.2) is 0 Å². The molecule has 0 bridgehead atoms. The predicted octanol–water partition coefficient (Wildman–Crippen LogP) is 3.35. The summed E-state index contributed by atoms with van der Waals surface area (Å²) in [6.45, 7) is 5.96. The number of allylic oxidation sites excluding steroid dienone is 1. The van der Waals surface area contributed by atoms with Crippen LogP contribution >= 0.6 is 0 Å². The van der Waals surface area contributed by atoms with Crippen LogP contribution in [0.5, 0.6) is 0 Å². The van der Waals surface area contributed by atoms with Crippen LogP contribution in [0.25, 0.3) is 10.9 Å². The van der Waals surface area contributed by atoms with Crippen molar-refractivity contribution in [3.8, 4) is 0 Å². The second-order valence-corrected chi connectivity index (χ2v) is 3.66. The van der Waals surface area contributed by atoms with Crippen LogP contribution in [0, 0.1) is 0 Å². The van der Waals surface area contributed by atoms with Crippen molar-refractivity contribution in [1.82, 2.24) is 4.98 Å². The number of rotatable bonds is 2. The summed E-state index contributed by atoms with van der Waals surface area (Å²) in [5.41, 5.74) is 3.55. The van der Waals surface area contributed by atoms with Gasteiger partial charge in [0.2, 0.25) is 0 Å². The zero-order chi connectivity index (χ0) is 9.97. The van der Waals surface area contributed by atoms with Crippen LogP contribution in [-0.4, -0.2) is 4.98 Å². The number of aromatic nitrogens is 1. The molecule has 1 heterocycles. The Bertz CT molecular complexity index is 471. The molecule has 0 fully saturated rings. The topological polar surface area (TPSA) is 12.9 Å². The van der Waals surface area contributed by atoms with E-state index in [1.807, 2.05) is 19.2 Å². The van der Waals surface area contributed by atoms with E-state index in [-0.39, 0.29) is 0 Å². The van der Waals surface area contributed by atoms with E-state index in [0.29, 0.717) is 0 Å². The van der Waals surface area contributed by atoms with Gasteiger partial charge in [-0.15, -0.1) is 0 Å². The highest BCUT2D eigenvalue weighted by Crippen LogP contribution is 2.15. The lowest BCUT2D eigenvalue weighted by atomic mass is 10.1. The van der Waals surface area contributed by atoms with Crippen molar-refractivity contribution >= 4 is 10.9 Å². The van der Waals surface area contributed by atoms with Gasteiger partial charge < -0.3 is 0 Å². The molecule has 1 aromatic carbocycles. The molecule has 0 unspecified atom stereocenters. The Balaban J connectivity index is 2.46. The van der Waals surface area contributed by atoms with Gasteiger partial charge in [-0.3, -0.25) is 4.98 Å². The Kier molecular flexibility index (Phi) is 2.32. The first kappa shape index (κ1) is 8.95. The molecule has 0 radical (unpaired) electrons. The zero-order valence-corrected chi connectivity index (χ0v) is 8.33. The largest absolute Gasteiger partial charge is 0.256 e. The summed E-state index contributed by atoms with van der Waals surface area (Å²) in [5.74, 6) is 0. The van der Waals surface area contributed by atoms with Crippen molar-refractivity contribution in [1.29, 1.82) is 0 Å². The molecule has 0 aliphatic carbocycles. The molecule has 0 atom stereocenters. The van der Waals surface area contributed by atoms with Crippen LogP contribution in [0.3, 0.4) is 0 Å². The first-order valence-corrected chi connectivity index (χ1v) is 4.74. The quantitative estimate of drug-likeness (QED) is 0.650. The number of hydrogen-bond donors (Lipinski definition) is 0. The van der Waals surface area contributed by atoms with E-state index in [4.69, 9.17) is 0 Å². The Labute approximate surface area is 84.1 Å². The molecule has 70 valence electrons. The molecule has 0 aliphatic heterocycles. The van der Waals surface area contributed by atoms with Gasteiger partial charge in [0.05, 0.1) is 5.52 Å². The SMILES string of the molecule is C=C(C)Cc1ccc2ncccc2c1. The van der Waals surface area contributed by atoms with Crippen molar-refractivity contribution < 1.29 is 0 Å². The lowest BCUT2D eigenvalue weighted by molar-refractivity contribution is 1.16. The first-order valence-electron chi connectivity index (χ1n) is 4.74. The lowest BCUT2D eigenvalue weighted by Crippen LogP contribution is -1.86. The highest BCUT2D eigenvalue weighted by atomic mass is 14.6. The van der Waals surface area contributed by atoms with Crippen LogP contribution in [0.1, 0.15) is 12.5 Å². The van der Waals surface area contributed by atoms with Crippen LogP contribution in [0.2, 0.25) is 0 Å². The van der Waals surface area contributed by atoms with Gasteiger partial charge in [0, 0.05) is 11.6 Å². The van der Waals surface area contributed by atoms with Gasteiger partial charge in [0.25, 0.3) is 0 Å². The second kappa shape index (κ2) is 3.62. The minimum absolute atomic E-state index is 0.949. The maximum absolute atomic E-state index is 4.28. The Morgan fingerprint density at radius 3 is 3.00 bits per heavy atom. The summed E-state index contributed by atoms with van der Waals surface area (Å²) in [6, 6.07) is 10.4. The number of hydrogen-bond acceptors (Lipinski definition) is 1. The summed E-state index contributed by atoms with van der Waals surface area (Å²) in [7, 11) is 0. The van der Waals surface area contributed by atoms with Crippen LogP contribution in [-0.2, 0) is 6.42 Å². The summed E-state index contributed by atoms with van der Waals surface area (Å²) < 4.78 is 0. The maximum atomic E-state index is 4.28. The third-order valence-corrected chi connectivity index (χ3v) is 2.17. The van der Waals surface area contributed by atoms with E-state index in [1.165, 1.54) is 16.5 Å². The molecule has 0 N–H and O–H groups in total. The average molecular weight is 183 g/mol. The Morgan fingerprint density at radius 2 is 2.21 bits per heavy atom. The van der Waals surface area contributed by atoms with Gasteiger partial charge in [-0.05, 0) is 37.1 Å². The van der Waals surface area contributed by atoms with Crippen LogP contribution < -0.4 is 0 Å². The molecule has 0 saturated carbocycles. The Hall–Kier alpha value is -1.63. The second-order valence-electron chi connectivity index (χ2n) is 3.66. The molecule has 1 heteroatoms. The monoisotopic (exact) mass is 183 g/mol. The standard InChI is InChI=1S/C13H13N/c1-10(2)8-11-5-6-13-12(9-11)4-3-7-14-13/h3-7,9H,1,8H2,2H3. The van der Waals surface area contributed by atoms with E-state index in [9.17, 15) is 0 Å². The molecular weight excluding hydrogens is 170 g/mol. The highest BCUT2D eigenvalue weighted by Gasteiger charge is 1.96. The van der Waals surface area contributed by atoms with Crippen molar-refractivity contribution in [2.24, 2.45) is 0 Å². The highest BCUT2D eigenvalue weighted by molar-refractivity contribution is 5.78. The fraction of sp³-hybridized carbons (Fsp3) is 0.154. The van der Waals surface area contributed by atoms with Crippen LogP contribution in [0.15, 0.2) is 48.7 Å². The molecule has 0 saturated heterocycles. The molecule has 1 aromatic heterocycles. The number of benzene rings is 1. The maximum Gasteiger partial charge on any atom is 0.0702 e. The minimum Gasteiger partial charge on any atom is -0.256 e. The number of nitrogens with zero attached hydrogens (tertiary/aromatic N) is 1. The van der Waals surface area contributed by atoms with Crippen molar-refractivity contribution in [3.05, 3.63) is 54.2 Å². The van der Waals surface area contributed by atoms with Crippen molar-refractivity contribution in [2.75, 3.05) is 0 Å². The summed E-state index contributed by atoms with van der Waals surface area (Å²) in [5, 5.41) is 1.20. The van der Waals surface area contributed by atoms with Crippen LogP contribution in [0.4, 0.5) is 0 Å². The third kappa shape index (κ3) is 1.82. The van der Waals surface area contributed by atoms with Crippen molar-refractivity contribution in [3.63, 3.8) is 0 Å². The van der Waals surface area contributed by atoms with Gasteiger partial charge >= 0.3 is 0 Å². The van der Waals surface area contributed by atoms with Gasteiger partial charge in [-0.1, -0.05) is 24.3 Å². The van der Waals surface area contributed by atoms with E-state index in [2.05, 4.69) is 35.8 Å².